The molecule has 22 heavy (non-hydrogen) atoms. The number of nitrogens with zero attached hydrogens (tertiary/aromatic N) is 1. The number of rotatable bonds is 3. The Morgan fingerprint density at radius 3 is 2.68 bits per heavy atom. The Hall–Kier alpha value is -1.83. The number of nitrogens with one attached hydrogen (secondary N) is 1. The van der Waals surface area contributed by atoms with Crippen molar-refractivity contribution in [3.05, 3.63) is 45.8 Å². The maximum absolute atomic E-state index is 12.8. The van der Waals surface area contributed by atoms with Gasteiger partial charge in [-0.1, -0.05) is 21.1 Å². The van der Waals surface area contributed by atoms with E-state index in [9.17, 15) is 18.0 Å². The van der Waals surface area contributed by atoms with Crippen molar-refractivity contribution < 1.29 is 22.5 Å². The molecular weight excluding hydrogens is 365 g/mol. The van der Waals surface area contributed by atoms with Gasteiger partial charge in [-0.05, 0) is 31.0 Å². The van der Waals surface area contributed by atoms with E-state index in [4.69, 9.17) is 4.52 Å². The maximum atomic E-state index is 12.8. The average molecular weight is 375 g/mol. The van der Waals surface area contributed by atoms with E-state index >= 15 is 0 Å². The smallest absolute Gasteiger partial charge is 0.360 e. The number of hydrogen-bond acceptors (Lipinski definition) is 3. The lowest BCUT2D eigenvalue weighted by Gasteiger charge is -2.11. The van der Waals surface area contributed by atoms with Gasteiger partial charge >= 0.3 is 6.18 Å². The maximum Gasteiger partial charge on any atom is 0.417 e. The number of carbonyl (C=O) groups is 1. The van der Waals surface area contributed by atoms with Crippen LogP contribution in [0.3, 0.4) is 0 Å². The molecule has 1 amide bonds. The Kier molecular flexibility index (Phi) is 3.72. The molecule has 1 aromatic heterocycles. The summed E-state index contributed by atoms with van der Waals surface area (Å²) in [6.45, 7) is 0. The molecule has 116 valence electrons. The normalized spacial score (nSPS) is 14.9. The van der Waals surface area contributed by atoms with E-state index in [1.807, 2.05) is 0 Å². The quantitative estimate of drug-likeness (QED) is 0.854. The largest absolute Gasteiger partial charge is 0.417 e. The van der Waals surface area contributed by atoms with E-state index in [1.54, 1.807) is 0 Å². The van der Waals surface area contributed by atoms with E-state index in [-0.39, 0.29) is 15.9 Å². The fourth-order valence-corrected chi connectivity index (χ4v) is 2.44. The van der Waals surface area contributed by atoms with Crippen molar-refractivity contribution in [2.45, 2.75) is 24.9 Å². The minimum absolute atomic E-state index is 0.0384. The average Bonchev–Trinajstić information content (AvgIpc) is 3.17. The monoisotopic (exact) mass is 374 g/mol. The second-order valence-electron chi connectivity index (χ2n) is 5.04. The topological polar surface area (TPSA) is 55.1 Å². The highest BCUT2D eigenvalue weighted by atomic mass is 79.9. The van der Waals surface area contributed by atoms with Gasteiger partial charge in [-0.3, -0.25) is 4.79 Å². The number of anilines is 1. The van der Waals surface area contributed by atoms with Crippen molar-refractivity contribution >= 4 is 27.5 Å². The van der Waals surface area contributed by atoms with Crippen LogP contribution in [0.25, 0.3) is 0 Å². The summed E-state index contributed by atoms with van der Waals surface area (Å²) in [7, 11) is 0. The first kappa shape index (κ1) is 15.1. The highest BCUT2D eigenvalue weighted by molar-refractivity contribution is 9.10. The number of amides is 1. The van der Waals surface area contributed by atoms with Gasteiger partial charge < -0.3 is 9.84 Å². The molecule has 0 bridgehead atoms. The standard InChI is InChI=1S/C14H10BrF3N2O2/c15-10-4-3-8(5-9(10)14(16,17)18)19-13(21)11-6-12(22-20-11)7-1-2-7/h3-7H,1-2H2,(H,19,21). The van der Waals surface area contributed by atoms with E-state index in [0.717, 1.165) is 18.9 Å². The Morgan fingerprint density at radius 1 is 1.32 bits per heavy atom. The van der Waals surface area contributed by atoms with Crippen molar-refractivity contribution in [3.63, 3.8) is 0 Å². The molecule has 1 aliphatic rings. The highest BCUT2D eigenvalue weighted by Gasteiger charge is 2.33. The van der Waals surface area contributed by atoms with E-state index < -0.39 is 17.6 Å². The number of alkyl halides is 3. The second-order valence-corrected chi connectivity index (χ2v) is 5.89. The molecule has 0 unspecified atom stereocenters. The lowest BCUT2D eigenvalue weighted by molar-refractivity contribution is -0.138. The molecule has 4 nitrogen and oxygen atoms in total. The third kappa shape index (κ3) is 3.16. The molecule has 2 aromatic rings. The molecule has 0 saturated heterocycles. The van der Waals surface area contributed by atoms with Crippen molar-refractivity contribution in [2.24, 2.45) is 0 Å². The number of hydrogen-bond donors (Lipinski definition) is 1. The predicted molar refractivity (Wildman–Crippen MR) is 75.6 cm³/mol. The molecule has 0 spiro atoms. The van der Waals surface area contributed by atoms with Crippen LogP contribution in [0.4, 0.5) is 18.9 Å². The number of benzene rings is 1. The molecule has 0 atom stereocenters. The van der Waals surface area contributed by atoms with Crippen LogP contribution in [0.2, 0.25) is 0 Å². The number of halogens is 4. The van der Waals surface area contributed by atoms with Gasteiger partial charge in [0.15, 0.2) is 5.69 Å². The summed E-state index contributed by atoms with van der Waals surface area (Å²) < 4.78 is 43.4. The summed E-state index contributed by atoms with van der Waals surface area (Å²) in [5, 5.41) is 6.03. The molecule has 1 N–H and O–H groups in total. The van der Waals surface area contributed by atoms with Crippen LogP contribution in [-0.2, 0) is 6.18 Å². The third-order valence-corrected chi connectivity index (χ3v) is 3.96. The SMILES string of the molecule is O=C(Nc1ccc(Br)c(C(F)(F)F)c1)c1cc(C2CC2)on1. The van der Waals surface area contributed by atoms with Crippen LogP contribution in [0.5, 0.6) is 0 Å². The molecule has 1 fully saturated rings. The summed E-state index contributed by atoms with van der Waals surface area (Å²) in [6.07, 6.45) is -2.51. The van der Waals surface area contributed by atoms with Crippen LogP contribution in [0, 0.1) is 0 Å². The van der Waals surface area contributed by atoms with Crippen molar-refractivity contribution in [1.29, 1.82) is 0 Å². The fourth-order valence-electron chi connectivity index (χ4n) is 1.97. The molecule has 0 aliphatic heterocycles. The fraction of sp³-hybridized carbons (Fsp3) is 0.286. The summed E-state index contributed by atoms with van der Waals surface area (Å²) >= 11 is 2.84. The lowest BCUT2D eigenvalue weighted by Crippen LogP contribution is -2.13. The van der Waals surface area contributed by atoms with Crippen LogP contribution in [-0.4, -0.2) is 11.1 Å². The van der Waals surface area contributed by atoms with Gasteiger partial charge in [0.25, 0.3) is 5.91 Å². The van der Waals surface area contributed by atoms with Crippen LogP contribution >= 0.6 is 15.9 Å². The predicted octanol–water partition coefficient (Wildman–Crippen LogP) is 4.59. The zero-order valence-corrected chi connectivity index (χ0v) is 12.7. The Labute approximate surface area is 131 Å². The molecule has 1 heterocycles. The molecule has 1 aliphatic carbocycles. The van der Waals surface area contributed by atoms with Crippen molar-refractivity contribution in [2.75, 3.05) is 5.32 Å². The van der Waals surface area contributed by atoms with Gasteiger partial charge in [-0.15, -0.1) is 0 Å². The first-order valence-electron chi connectivity index (χ1n) is 6.49. The summed E-state index contributed by atoms with van der Waals surface area (Å²) in [4.78, 5) is 12.0. The summed E-state index contributed by atoms with van der Waals surface area (Å²) in [6, 6.07) is 5.00. The molecule has 3 rings (SSSR count). The van der Waals surface area contributed by atoms with Crippen molar-refractivity contribution in [3.8, 4) is 0 Å². The van der Waals surface area contributed by atoms with Gasteiger partial charge in [-0.2, -0.15) is 13.2 Å². The Morgan fingerprint density at radius 2 is 2.05 bits per heavy atom. The number of aromatic nitrogens is 1. The highest BCUT2D eigenvalue weighted by Crippen LogP contribution is 2.40. The zero-order chi connectivity index (χ0) is 15.9. The minimum Gasteiger partial charge on any atom is -0.360 e. The molecular formula is C14H10BrF3N2O2. The van der Waals surface area contributed by atoms with Gasteiger partial charge in [-0.25, -0.2) is 0 Å². The van der Waals surface area contributed by atoms with Crippen molar-refractivity contribution in [1.82, 2.24) is 5.16 Å². The van der Waals surface area contributed by atoms with E-state index in [1.165, 1.54) is 18.2 Å². The first-order valence-corrected chi connectivity index (χ1v) is 7.28. The Balaban J connectivity index is 1.78. The Bertz CT molecular complexity index is 723. The first-order chi connectivity index (χ1) is 10.3. The summed E-state index contributed by atoms with van der Waals surface area (Å²) in [5.74, 6) is 0.335. The molecule has 1 saturated carbocycles. The van der Waals surface area contributed by atoms with E-state index in [0.29, 0.717) is 11.7 Å². The molecule has 0 radical (unpaired) electrons. The van der Waals surface area contributed by atoms with Gasteiger partial charge in [0, 0.05) is 22.1 Å². The summed E-state index contributed by atoms with van der Waals surface area (Å²) in [5.41, 5.74) is -0.765. The molecule has 8 heteroatoms. The molecule has 1 aromatic carbocycles. The number of carbonyl (C=O) groups excluding carboxylic acids is 1. The lowest BCUT2D eigenvalue weighted by atomic mass is 10.2. The second kappa shape index (κ2) is 5.42. The van der Waals surface area contributed by atoms with Gasteiger partial charge in [0.1, 0.15) is 5.76 Å². The van der Waals surface area contributed by atoms with Crippen LogP contribution in [0.1, 0.15) is 40.6 Å². The third-order valence-electron chi connectivity index (χ3n) is 3.27. The zero-order valence-electron chi connectivity index (χ0n) is 11.1. The van der Waals surface area contributed by atoms with Crippen LogP contribution in [0.15, 0.2) is 33.3 Å². The van der Waals surface area contributed by atoms with Gasteiger partial charge in [0.2, 0.25) is 0 Å². The minimum atomic E-state index is -4.51. The van der Waals surface area contributed by atoms with Gasteiger partial charge in [0.05, 0.1) is 5.56 Å². The van der Waals surface area contributed by atoms with Crippen LogP contribution < -0.4 is 5.32 Å². The van der Waals surface area contributed by atoms with E-state index in [2.05, 4.69) is 26.4 Å².